The number of likely N-dealkylation sites (N-methyl/N-ethyl adjacent to an activating group) is 1. The van der Waals surface area contributed by atoms with Crippen molar-refractivity contribution in [2.75, 3.05) is 33.8 Å². The SMILES string of the molecule is CC(C)COc1ccc(/C(O)=C2\C(=O)C(=O)N(CCN(C)C)C2c2ccc([N+](=O)[O-])cc2)cc1. The Hall–Kier alpha value is -3.72. The number of rotatable bonds is 9. The molecule has 1 atom stereocenters. The fraction of sp³-hybridized carbons (Fsp3) is 0.360. The zero-order valence-corrected chi connectivity index (χ0v) is 19.7. The van der Waals surface area contributed by atoms with Crippen LogP contribution >= 0.6 is 0 Å². The van der Waals surface area contributed by atoms with Gasteiger partial charge in [0.05, 0.1) is 23.1 Å². The molecule has 0 aromatic heterocycles. The topological polar surface area (TPSA) is 113 Å². The lowest BCUT2D eigenvalue weighted by atomic mass is 9.95. The maximum absolute atomic E-state index is 13.0. The van der Waals surface area contributed by atoms with Crippen LogP contribution in [-0.2, 0) is 9.59 Å². The van der Waals surface area contributed by atoms with Gasteiger partial charge in [-0.3, -0.25) is 19.7 Å². The minimum atomic E-state index is -0.863. The summed E-state index contributed by atoms with van der Waals surface area (Å²) in [6.45, 7) is 5.36. The number of carbonyl (C=O) groups is 2. The molecule has 9 nitrogen and oxygen atoms in total. The van der Waals surface area contributed by atoms with Crippen molar-refractivity contribution >= 4 is 23.1 Å². The summed E-state index contributed by atoms with van der Waals surface area (Å²) in [6, 6.07) is 11.4. The summed E-state index contributed by atoms with van der Waals surface area (Å²) in [5, 5.41) is 22.2. The lowest BCUT2D eigenvalue weighted by Crippen LogP contribution is -2.35. The molecule has 2 aromatic carbocycles. The number of benzene rings is 2. The van der Waals surface area contributed by atoms with Crippen LogP contribution in [0.4, 0.5) is 5.69 Å². The summed E-state index contributed by atoms with van der Waals surface area (Å²) in [5.41, 5.74) is 0.718. The van der Waals surface area contributed by atoms with E-state index in [-0.39, 0.29) is 23.6 Å². The number of non-ortho nitro benzene ring substituents is 1. The van der Waals surface area contributed by atoms with Gasteiger partial charge in [0.15, 0.2) is 0 Å². The van der Waals surface area contributed by atoms with Gasteiger partial charge in [-0.15, -0.1) is 0 Å². The number of aliphatic hydroxyl groups is 1. The van der Waals surface area contributed by atoms with Gasteiger partial charge in [0.1, 0.15) is 11.5 Å². The second-order valence-electron chi connectivity index (χ2n) is 8.87. The second kappa shape index (κ2) is 10.5. The van der Waals surface area contributed by atoms with Crippen LogP contribution in [0.5, 0.6) is 5.75 Å². The molecule has 0 radical (unpaired) electrons. The highest BCUT2D eigenvalue weighted by molar-refractivity contribution is 6.46. The molecule has 2 aromatic rings. The van der Waals surface area contributed by atoms with Crippen LogP contribution in [0.3, 0.4) is 0 Å². The van der Waals surface area contributed by atoms with E-state index in [4.69, 9.17) is 4.74 Å². The molecule has 1 heterocycles. The van der Waals surface area contributed by atoms with Gasteiger partial charge in [-0.05, 0) is 62.0 Å². The summed E-state index contributed by atoms with van der Waals surface area (Å²) in [7, 11) is 3.70. The molecule has 1 aliphatic rings. The third-order valence-corrected chi connectivity index (χ3v) is 5.46. The molecule has 0 aliphatic carbocycles. The summed E-state index contributed by atoms with van der Waals surface area (Å²) >= 11 is 0. The molecule has 1 fully saturated rings. The van der Waals surface area contributed by atoms with Crippen molar-refractivity contribution in [3.05, 3.63) is 75.3 Å². The zero-order valence-electron chi connectivity index (χ0n) is 19.7. The van der Waals surface area contributed by atoms with Crippen molar-refractivity contribution in [1.29, 1.82) is 0 Å². The molecule has 1 unspecified atom stereocenters. The van der Waals surface area contributed by atoms with Crippen LogP contribution in [0.1, 0.15) is 31.0 Å². The molecule has 1 N–H and O–H groups in total. The minimum Gasteiger partial charge on any atom is -0.507 e. The largest absolute Gasteiger partial charge is 0.507 e. The van der Waals surface area contributed by atoms with Gasteiger partial charge in [0.25, 0.3) is 17.4 Å². The molecule has 34 heavy (non-hydrogen) atoms. The van der Waals surface area contributed by atoms with Gasteiger partial charge in [-0.2, -0.15) is 0 Å². The fourth-order valence-electron chi connectivity index (χ4n) is 3.67. The Kier molecular flexibility index (Phi) is 7.68. The number of amides is 1. The number of likely N-dealkylation sites (tertiary alicyclic amines) is 1. The highest BCUT2D eigenvalue weighted by Crippen LogP contribution is 2.39. The average molecular weight is 468 g/mol. The normalized spacial score (nSPS) is 17.6. The minimum absolute atomic E-state index is 0.0477. The number of carbonyl (C=O) groups excluding carboxylic acids is 2. The van der Waals surface area contributed by atoms with E-state index in [1.807, 2.05) is 32.8 Å². The summed E-state index contributed by atoms with van der Waals surface area (Å²) in [5.74, 6) is -0.829. The van der Waals surface area contributed by atoms with Gasteiger partial charge in [-0.25, -0.2) is 0 Å². The molecule has 1 aliphatic heterocycles. The lowest BCUT2D eigenvalue weighted by Gasteiger charge is -2.26. The molecular weight excluding hydrogens is 438 g/mol. The molecule has 0 bridgehead atoms. The predicted molar refractivity (Wildman–Crippen MR) is 127 cm³/mol. The first-order valence-electron chi connectivity index (χ1n) is 11.0. The second-order valence-corrected chi connectivity index (χ2v) is 8.87. The van der Waals surface area contributed by atoms with E-state index in [1.54, 1.807) is 24.3 Å². The van der Waals surface area contributed by atoms with E-state index in [0.717, 1.165) is 0 Å². The first-order valence-corrected chi connectivity index (χ1v) is 11.0. The molecule has 3 rings (SSSR count). The molecule has 9 heteroatoms. The van der Waals surface area contributed by atoms with Gasteiger partial charge in [-0.1, -0.05) is 13.8 Å². The third-order valence-electron chi connectivity index (χ3n) is 5.46. The highest BCUT2D eigenvalue weighted by atomic mass is 16.6. The molecule has 0 spiro atoms. The highest BCUT2D eigenvalue weighted by Gasteiger charge is 2.46. The Bertz CT molecular complexity index is 1090. The molecule has 180 valence electrons. The average Bonchev–Trinajstić information content (AvgIpc) is 3.06. The van der Waals surface area contributed by atoms with Crippen LogP contribution in [0.15, 0.2) is 54.1 Å². The van der Waals surface area contributed by atoms with Gasteiger partial charge >= 0.3 is 0 Å². The molecule has 1 amide bonds. The Labute approximate surface area is 198 Å². The van der Waals surface area contributed by atoms with Crippen LogP contribution in [0.2, 0.25) is 0 Å². The Morgan fingerprint density at radius 3 is 2.26 bits per heavy atom. The lowest BCUT2D eigenvalue weighted by molar-refractivity contribution is -0.384. The number of hydrogen-bond donors (Lipinski definition) is 1. The van der Waals surface area contributed by atoms with Gasteiger partial charge in [0, 0.05) is 30.8 Å². The monoisotopic (exact) mass is 467 g/mol. The number of Topliss-reactive ketones (excluding diaryl/α,β-unsaturated/α-hetero) is 1. The third kappa shape index (κ3) is 5.43. The van der Waals surface area contributed by atoms with Crippen molar-refractivity contribution in [1.82, 2.24) is 9.80 Å². The Balaban J connectivity index is 2.04. The first-order chi connectivity index (χ1) is 16.1. The van der Waals surface area contributed by atoms with Crippen molar-refractivity contribution in [2.45, 2.75) is 19.9 Å². The summed E-state index contributed by atoms with van der Waals surface area (Å²) in [4.78, 5) is 39.8. The van der Waals surface area contributed by atoms with E-state index in [1.165, 1.54) is 29.2 Å². The standard InChI is InChI=1S/C25H29N3O6/c1-16(2)15-34-20-11-7-18(8-12-20)23(29)21-22(17-5-9-19(10-6-17)28(32)33)27(14-13-26(3)4)25(31)24(21)30/h5-12,16,22,29H,13-15H2,1-4H3/b23-21+. The van der Waals surface area contributed by atoms with E-state index >= 15 is 0 Å². The maximum atomic E-state index is 13.0. The number of nitro benzene ring substituents is 1. The van der Waals surface area contributed by atoms with E-state index < -0.39 is 22.7 Å². The smallest absolute Gasteiger partial charge is 0.295 e. The van der Waals surface area contributed by atoms with Crippen LogP contribution in [-0.4, -0.2) is 65.3 Å². The molecule has 0 saturated carbocycles. The number of ether oxygens (including phenoxy) is 1. The first kappa shape index (κ1) is 24.9. The van der Waals surface area contributed by atoms with Crippen molar-refractivity contribution < 1.29 is 24.4 Å². The van der Waals surface area contributed by atoms with Gasteiger partial charge < -0.3 is 19.6 Å². The maximum Gasteiger partial charge on any atom is 0.295 e. The van der Waals surface area contributed by atoms with Crippen molar-refractivity contribution in [2.24, 2.45) is 5.92 Å². The van der Waals surface area contributed by atoms with Crippen molar-refractivity contribution in [3.8, 4) is 5.75 Å². The van der Waals surface area contributed by atoms with E-state index in [0.29, 0.717) is 35.9 Å². The quantitative estimate of drug-likeness (QED) is 0.197. The number of nitrogens with zero attached hydrogens (tertiary/aromatic N) is 3. The van der Waals surface area contributed by atoms with Crippen LogP contribution < -0.4 is 4.74 Å². The summed E-state index contributed by atoms with van der Waals surface area (Å²) < 4.78 is 5.67. The summed E-state index contributed by atoms with van der Waals surface area (Å²) in [6.07, 6.45) is 0. The number of ketones is 1. The Morgan fingerprint density at radius 1 is 1.12 bits per heavy atom. The van der Waals surface area contributed by atoms with Crippen LogP contribution in [0.25, 0.3) is 5.76 Å². The zero-order chi connectivity index (χ0) is 25.0. The van der Waals surface area contributed by atoms with Gasteiger partial charge in [0.2, 0.25) is 0 Å². The van der Waals surface area contributed by atoms with E-state index in [2.05, 4.69) is 0 Å². The fourth-order valence-corrected chi connectivity index (χ4v) is 3.67. The predicted octanol–water partition coefficient (Wildman–Crippen LogP) is 3.61. The Morgan fingerprint density at radius 2 is 1.74 bits per heavy atom. The molecular formula is C25H29N3O6. The molecule has 1 saturated heterocycles. The van der Waals surface area contributed by atoms with Crippen LogP contribution in [0, 0.1) is 16.0 Å². The van der Waals surface area contributed by atoms with E-state index in [9.17, 15) is 24.8 Å². The number of nitro groups is 1. The van der Waals surface area contributed by atoms with Crippen molar-refractivity contribution in [3.63, 3.8) is 0 Å². The number of hydrogen-bond acceptors (Lipinski definition) is 7. The number of aliphatic hydroxyl groups excluding tert-OH is 1.